The second kappa shape index (κ2) is 5.32. The molecule has 0 fully saturated rings. The van der Waals surface area contributed by atoms with Crippen LogP contribution in [0.5, 0.6) is 5.75 Å². The average molecular weight is 233 g/mol. The van der Waals surface area contributed by atoms with Gasteiger partial charge in [-0.15, -0.1) is 0 Å². The highest BCUT2D eigenvalue weighted by molar-refractivity contribution is 6.01. The van der Waals surface area contributed by atoms with Gasteiger partial charge in [-0.25, -0.2) is 0 Å². The number of Topliss-reactive ketones (excluding diaryl/α,β-unsaturated/α-hetero) is 1. The van der Waals surface area contributed by atoms with Gasteiger partial charge >= 0.3 is 0 Å². The first-order valence-electron chi connectivity index (χ1n) is 6.24. The Morgan fingerprint density at radius 1 is 1.29 bits per heavy atom. The Kier molecular flexibility index (Phi) is 3.79. The molecule has 0 saturated heterocycles. The highest BCUT2D eigenvalue weighted by Gasteiger charge is 2.29. The zero-order valence-electron chi connectivity index (χ0n) is 10.5. The van der Waals surface area contributed by atoms with Crippen LogP contribution in [0.15, 0.2) is 24.3 Å². The van der Waals surface area contributed by atoms with Crippen molar-refractivity contribution in [1.29, 1.82) is 0 Å². The summed E-state index contributed by atoms with van der Waals surface area (Å²) in [7, 11) is 0. The third kappa shape index (κ3) is 2.50. The Balaban J connectivity index is 2.12. The van der Waals surface area contributed by atoms with Gasteiger partial charge in [0.05, 0.1) is 18.1 Å². The highest BCUT2D eigenvalue weighted by Crippen LogP contribution is 2.27. The molecule has 1 aliphatic rings. The molecular weight excluding hydrogens is 214 g/mol. The minimum atomic E-state index is -0.0233. The Morgan fingerprint density at radius 2 is 2.00 bits per heavy atom. The van der Waals surface area contributed by atoms with Gasteiger partial charge in [-0.2, -0.15) is 0 Å². The summed E-state index contributed by atoms with van der Waals surface area (Å²) in [6.07, 6.45) is 0. The van der Waals surface area contributed by atoms with Gasteiger partial charge < -0.3 is 9.64 Å². The summed E-state index contributed by atoms with van der Waals surface area (Å²) in [6.45, 7) is 7.48. The first-order valence-corrected chi connectivity index (χ1v) is 6.24. The van der Waals surface area contributed by atoms with Crippen LogP contribution in [0.1, 0.15) is 24.2 Å². The third-order valence-corrected chi connectivity index (χ3v) is 3.34. The molecule has 1 aromatic rings. The van der Waals surface area contributed by atoms with Crippen molar-refractivity contribution in [2.24, 2.45) is 5.92 Å². The van der Waals surface area contributed by atoms with Gasteiger partial charge in [0, 0.05) is 6.54 Å². The molecule has 3 heteroatoms. The van der Waals surface area contributed by atoms with Crippen molar-refractivity contribution in [3.8, 4) is 5.75 Å². The maximum atomic E-state index is 12.3. The number of carbonyl (C=O) groups excluding carboxylic acids is 1. The Bertz CT molecular complexity index is 399. The van der Waals surface area contributed by atoms with Crippen LogP contribution in [0.2, 0.25) is 0 Å². The van der Waals surface area contributed by atoms with Crippen LogP contribution in [0.4, 0.5) is 0 Å². The summed E-state index contributed by atoms with van der Waals surface area (Å²) < 4.78 is 5.65. The smallest absolute Gasteiger partial charge is 0.174 e. The first kappa shape index (κ1) is 12.1. The molecule has 0 aliphatic carbocycles. The van der Waals surface area contributed by atoms with Crippen molar-refractivity contribution >= 4 is 5.78 Å². The molecule has 2 rings (SSSR count). The molecule has 0 aromatic heterocycles. The molecule has 1 aliphatic heterocycles. The number of hydrogen-bond acceptors (Lipinski definition) is 3. The molecule has 0 radical (unpaired) electrons. The maximum absolute atomic E-state index is 12.3. The summed E-state index contributed by atoms with van der Waals surface area (Å²) in [6, 6.07) is 7.50. The van der Waals surface area contributed by atoms with E-state index in [4.69, 9.17) is 4.74 Å². The number of rotatable bonds is 4. The summed E-state index contributed by atoms with van der Waals surface area (Å²) in [5, 5.41) is 0. The van der Waals surface area contributed by atoms with Gasteiger partial charge in [0.2, 0.25) is 0 Å². The van der Waals surface area contributed by atoms with E-state index in [2.05, 4.69) is 18.7 Å². The Hall–Kier alpha value is -1.35. The second-order valence-corrected chi connectivity index (χ2v) is 4.35. The monoisotopic (exact) mass is 233 g/mol. The topological polar surface area (TPSA) is 29.5 Å². The van der Waals surface area contributed by atoms with Gasteiger partial charge in [0.15, 0.2) is 5.78 Å². The average Bonchev–Trinajstić information content (AvgIpc) is 2.38. The summed E-state index contributed by atoms with van der Waals surface area (Å²) in [5.74, 6) is 0.928. The number of nitrogens with zero attached hydrogens (tertiary/aromatic N) is 1. The molecular formula is C14H19NO2. The van der Waals surface area contributed by atoms with E-state index in [0.717, 1.165) is 30.9 Å². The van der Waals surface area contributed by atoms with E-state index >= 15 is 0 Å². The lowest BCUT2D eigenvalue weighted by Gasteiger charge is -2.28. The number of carbonyl (C=O) groups is 1. The van der Waals surface area contributed by atoms with Gasteiger partial charge in [-0.05, 0) is 25.2 Å². The zero-order chi connectivity index (χ0) is 12.3. The van der Waals surface area contributed by atoms with Gasteiger partial charge in [-0.3, -0.25) is 4.79 Å². The van der Waals surface area contributed by atoms with Crippen molar-refractivity contribution in [2.75, 3.05) is 26.2 Å². The largest absolute Gasteiger partial charge is 0.492 e. The van der Waals surface area contributed by atoms with E-state index in [-0.39, 0.29) is 11.7 Å². The molecule has 3 nitrogen and oxygen atoms in total. The predicted octanol–water partition coefficient (Wildman–Crippen LogP) is 2.22. The molecule has 0 saturated carbocycles. The molecule has 1 aromatic carbocycles. The zero-order valence-corrected chi connectivity index (χ0v) is 10.5. The molecule has 17 heavy (non-hydrogen) atoms. The fourth-order valence-electron chi connectivity index (χ4n) is 2.21. The molecule has 1 heterocycles. The molecule has 0 N–H and O–H groups in total. The van der Waals surface area contributed by atoms with Gasteiger partial charge in [0.25, 0.3) is 0 Å². The van der Waals surface area contributed by atoms with E-state index in [9.17, 15) is 4.79 Å². The maximum Gasteiger partial charge on any atom is 0.174 e. The quantitative estimate of drug-likeness (QED) is 0.798. The summed E-state index contributed by atoms with van der Waals surface area (Å²) in [5.41, 5.74) is 0.732. The van der Waals surface area contributed by atoms with E-state index in [1.165, 1.54) is 0 Å². The number of benzene rings is 1. The van der Waals surface area contributed by atoms with E-state index in [1.807, 2.05) is 24.3 Å². The van der Waals surface area contributed by atoms with Crippen LogP contribution in [-0.4, -0.2) is 36.9 Å². The van der Waals surface area contributed by atoms with E-state index in [1.54, 1.807) is 0 Å². The SMILES string of the molecule is CCN(CC)C[C@H]1COc2ccccc2C1=O. The number of fused-ring (bicyclic) bond motifs is 1. The van der Waals surface area contributed by atoms with Crippen molar-refractivity contribution in [1.82, 2.24) is 4.90 Å². The van der Waals surface area contributed by atoms with E-state index in [0.29, 0.717) is 6.61 Å². The summed E-state index contributed by atoms with van der Waals surface area (Å²) in [4.78, 5) is 14.5. The fourth-order valence-corrected chi connectivity index (χ4v) is 2.21. The number of para-hydroxylation sites is 1. The van der Waals surface area contributed by atoms with Crippen molar-refractivity contribution in [3.05, 3.63) is 29.8 Å². The standard InChI is InChI=1S/C14H19NO2/c1-3-15(4-2)9-11-10-17-13-8-6-5-7-12(13)14(11)16/h5-8,11H,3-4,9-10H2,1-2H3/t11-/m0/s1. The Labute approximate surface area is 102 Å². The van der Waals surface area contributed by atoms with Crippen LogP contribution >= 0.6 is 0 Å². The number of hydrogen-bond donors (Lipinski definition) is 0. The molecule has 0 unspecified atom stereocenters. The third-order valence-electron chi connectivity index (χ3n) is 3.34. The number of ether oxygens (including phenoxy) is 1. The lowest BCUT2D eigenvalue weighted by molar-refractivity contribution is 0.0775. The van der Waals surface area contributed by atoms with Crippen molar-refractivity contribution < 1.29 is 9.53 Å². The van der Waals surface area contributed by atoms with Crippen LogP contribution < -0.4 is 4.74 Å². The lowest BCUT2D eigenvalue weighted by Crippen LogP contribution is -2.38. The van der Waals surface area contributed by atoms with Gasteiger partial charge in [0.1, 0.15) is 5.75 Å². The van der Waals surface area contributed by atoms with Crippen molar-refractivity contribution in [2.45, 2.75) is 13.8 Å². The molecule has 0 bridgehead atoms. The van der Waals surface area contributed by atoms with Crippen molar-refractivity contribution in [3.63, 3.8) is 0 Å². The second-order valence-electron chi connectivity index (χ2n) is 4.35. The molecule has 92 valence electrons. The fraction of sp³-hybridized carbons (Fsp3) is 0.500. The van der Waals surface area contributed by atoms with Crippen LogP contribution in [0, 0.1) is 5.92 Å². The minimum Gasteiger partial charge on any atom is -0.492 e. The summed E-state index contributed by atoms with van der Waals surface area (Å²) >= 11 is 0. The van der Waals surface area contributed by atoms with Gasteiger partial charge in [-0.1, -0.05) is 26.0 Å². The highest BCUT2D eigenvalue weighted by atomic mass is 16.5. The first-order chi connectivity index (χ1) is 8.26. The minimum absolute atomic E-state index is 0.0233. The van der Waals surface area contributed by atoms with Crippen LogP contribution in [-0.2, 0) is 0 Å². The molecule has 1 atom stereocenters. The predicted molar refractivity (Wildman–Crippen MR) is 67.5 cm³/mol. The van der Waals surface area contributed by atoms with Crippen LogP contribution in [0.3, 0.4) is 0 Å². The molecule has 0 amide bonds. The Morgan fingerprint density at radius 3 is 2.71 bits per heavy atom. The normalized spacial score (nSPS) is 19.0. The van der Waals surface area contributed by atoms with E-state index < -0.39 is 0 Å². The number of ketones is 1. The van der Waals surface area contributed by atoms with Crippen LogP contribution in [0.25, 0.3) is 0 Å². The molecule has 0 spiro atoms. The lowest BCUT2D eigenvalue weighted by atomic mass is 9.94.